The molecule has 2 rings (SSSR count). The number of hydrogen-bond donors (Lipinski definition) is 2. The van der Waals surface area contributed by atoms with Gasteiger partial charge in [0.15, 0.2) is 0 Å². The lowest BCUT2D eigenvalue weighted by atomic mass is 9.97. The number of carbonyl (C=O) groups is 1. The summed E-state index contributed by atoms with van der Waals surface area (Å²) in [4.78, 5) is 11.1. The molecule has 0 aromatic heterocycles. The van der Waals surface area contributed by atoms with Gasteiger partial charge in [-0.2, -0.15) is 0 Å². The van der Waals surface area contributed by atoms with Crippen LogP contribution in [-0.4, -0.2) is 11.4 Å². The van der Waals surface area contributed by atoms with Crippen LogP contribution in [0.25, 0.3) is 0 Å². The maximum atomic E-state index is 11.1. The van der Waals surface area contributed by atoms with E-state index in [0.29, 0.717) is 12.8 Å². The fourth-order valence-corrected chi connectivity index (χ4v) is 1.82. The van der Waals surface area contributed by atoms with Crippen LogP contribution in [0.2, 0.25) is 0 Å². The molecule has 14 heavy (non-hydrogen) atoms. The van der Waals surface area contributed by atoms with Crippen LogP contribution in [0.5, 0.6) is 0 Å². The minimum atomic E-state index is -0.857. The molecule has 0 bridgehead atoms. The van der Waals surface area contributed by atoms with E-state index in [0.717, 1.165) is 11.1 Å². The second-order valence-corrected chi connectivity index (χ2v) is 3.64. The largest absolute Gasteiger partial charge is 0.368 e. The van der Waals surface area contributed by atoms with Gasteiger partial charge in [0.2, 0.25) is 5.91 Å². The molecule has 0 saturated carbocycles. The molecule has 1 aromatic rings. The van der Waals surface area contributed by atoms with Crippen molar-refractivity contribution in [3.63, 3.8) is 0 Å². The van der Waals surface area contributed by atoms with Crippen molar-refractivity contribution in [1.29, 1.82) is 0 Å². The second-order valence-electron chi connectivity index (χ2n) is 3.64. The Bertz CT molecular complexity index is 340. The van der Waals surface area contributed by atoms with E-state index in [-0.39, 0.29) is 12.4 Å². The first-order chi connectivity index (χ1) is 6.12. The van der Waals surface area contributed by atoms with Crippen LogP contribution in [0.4, 0.5) is 0 Å². The zero-order chi connectivity index (χ0) is 9.47. The van der Waals surface area contributed by atoms with Gasteiger partial charge < -0.3 is 11.5 Å². The van der Waals surface area contributed by atoms with Crippen molar-refractivity contribution in [3.05, 3.63) is 35.4 Å². The van der Waals surface area contributed by atoms with Crippen LogP contribution in [-0.2, 0) is 17.6 Å². The molecule has 0 fully saturated rings. The second kappa shape index (κ2) is 3.59. The average molecular weight is 213 g/mol. The van der Waals surface area contributed by atoms with E-state index in [2.05, 4.69) is 0 Å². The Morgan fingerprint density at radius 1 is 1.21 bits per heavy atom. The molecule has 1 aromatic carbocycles. The zero-order valence-electron chi connectivity index (χ0n) is 7.69. The number of halogens is 1. The van der Waals surface area contributed by atoms with Gasteiger partial charge in [0, 0.05) is 0 Å². The van der Waals surface area contributed by atoms with E-state index in [1.165, 1.54) is 0 Å². The smallest absolute Gasteiger partial charge is 0.238 e. The van der Waals surface area contributed by atoms with E-state index in [1.54, 1.807) is 0 Å². The van der Waals surface area contributed by atoms with Gasteiger partial charge in [0.1, 0.15) is 5.54 Å². The molecule has 0 spiro atoms. The molecule has 0 atom stereocenters. The third-order valence-electron chi connectivity index (χ3n) is 2.62. The van der Waals surface area contributed by atoms with E-state index in [4.69, 9.17) is 11.5 Å². The fourth-order valence-electron chi connectivity index (χ4n) is 1.82. The number of amides is 1. The van der Waals surface area contributed by atoms with E-state index < -0.39 is 11.4 Å². The molecule has 4 heteroatoms. The van der Waals surface area contributed by atoms with Crippen LogP contribution in [0.15, 0.2) is 24.3 Å². The van der Waals surface area contributed by atoms with E-state index in [1.807, 2.05) is 24.3 Å². The van der Waals surface area contributed by atoms with Gasteiger partial charge in [-0.15, -0.1) is 12.4 Å². The van der Waals surface area contributed by atoms with Gasteiger partial charge in [0.25, 0.3) is 0 Å². The molecular weight excluding hydrogens is 200 g/mol. The van der Waals surface area contributed by atoms with Gasteiger partial charge in [-0.1, -0.05) is 24.3 Å². The van der Waals surface area contributed by atoms with Crippen LogP contribution >= 0.6 is 12.4 Å². The Kier molecular flexibility index (Phi) is 2.83. The maximum Gasteiger partial charge on any atom is 0.238 e. The Hall–Kier alpha value is -1.06. The van der Waals surface area contributed by atoms with Crippen molar-refractivity contribution in [2.24, 2.45) is 11.5 Å². The van der Waals surface area contributed by atoms with Gasteiger partial charge in [0.05, 0.1) is 0 Å². The summed E-state index contributed by atoms with van der Waals surface area (Å²) in [5.74, 6) is -0.413. The molecule has 0 radical (unpaired) electrons. The van der Waals surface area contributed by atoms with Gasteiger partial charge in [-0.3, -0.25) is 4.79 Å². The number of carbonyl (C=O) groups excluding carboxylic acids is 1. The van der Waals surface area contributed by atoms with E-state index in [9.17, 15) is 4.79 Å². The van der Waals surface area contributed by atoms with Crippen LogP contribution < -0.4 is 11.5 Å². The molecule has 1 amide bonds. The maximum absolute atomic E-state index is 11.1. The minimum Gasteiger partial charge on any atom is -0.368 e. The monoisotopic (exact) mass is 212 g/mol. The molecule has 1 aliphatic rings. The summed E-state index contributed by atoms with van der Waals surface area (Å²) in [6.45, 7) is 0. The van der Waals surface area contributed by atoms with Crippen molar-refractivity contribution in [1.82, 2.24) is 0 Å². The highest BCUT2D eigenvalue weighted by molar-refractivity contribution is 5.86. The standard InChI is InChI=1S/C10H12N2O.ClH/c11-9(13)10(12)5-7-3-1-2-4-8(7)6-10;/h1-4H,5-6,12H2,(H2,11,13);1H. The van der Waals surface area contributed by atoms with Crippen molar-refractivity contribution < 1.29 is 4.79 Å². The third-order valence-corrected chi connectivity index (χ3v) is 2.62. The Morgan fingerprint density at radius 2 is 1.64 bits per heavy atom. The third kappa shape index (κ3) is 1.61. The molecule has 0 aliphatic heterocycles. The van der Waals surface area contributed by atoms with Crippen molar-refractivity contribution in [2.45, 2.75) is 18.4 Å². The van der Waals surface area contributed by atoms with Gasteiger partial charge in [-0.05, 0) is 24.0 Å². The lowest BCUT2D eigenvalue weighted by Crippen LogP contribution is -2.52. The lowest BCUT2D eigenvalue weighted by molar-refractivity contribution is -0.122. The van der Waals surface area contributed by atoms with Crippen LogP contribution in [0.3, 0.4) is 0 Å². The molecule has 76 valence electrons. The quantitative estimate of drug-likeness (QED) is 0.707. The van der Waals surface area contributed by atoms with Crippen molar-refractivity contribution in [2.75, 3.05) is 0 Å². The Balaban J connectivity index is 0.000000980. The number of rotatable bonds is 1. The average Bonchev–Trinajstić information content (AvgIpc) is 2.42. The predicted molar refractivity (Wildman–Crippen MR) is 57.2 cm³/mol. The first-order valence-corrected chi connectivity index (χ1v) is 4.27. The number of hydrogen-bond acceptors (Lipinski definition) is 2. The number of primary amides is 1. The number of benzene rings is 1. The van der Waals surface area contributed by atoms with Gasteiger partial charge >= 0.3 is 0 Å². The summed E-state index contributed by atoms with van der Waals surface area (Å²) in [6.07, 6.45) is 1.14. The number of fused-ring (bicyclic) bond motifs is 1. The first-order valence-electron chi connectivity index (χ1n) is 4.27. The summed E-state index contributed by atoms with van der Waals surface area (Å²) < 4.78 is 0. The topological polar surface area (TPSA) is 69.1 Å². The predicted octanol–water partition coefficient (Wildman–Crippen LogP) is 0.390. The SMILES string of the molecule is Cl.NC(=O)C1(N)Cc2ccccc2C1. The summed E-state index contributed by atoms with van der Waals surface area (Å²) in [5, 5.41) is 0. The zero-order valence-corrected chi connectivity index (χ0v) is 8.51. The molecule has 0 heterocycles. The summed E-state index contributed by atoms with van der Waals surface area (Å²) in [6, 6.07) is 7.89. The summed E-state index contributed by atoms with van der Waals surface area (Å²) in [7, 11) is 0. The van der Waals surface area contributed by atoms with Crippen molar-refractivity contribution in [3.8, 4) is 0 Å². The highest BCUT2D eigenvalue weighted by Gasteiger charge is 2.38. The highest BCUT2D eigenvalue weighted by atomic mass is 35.5. The Morgan fingerprint density at radius 3 is 2.00 bits per heavy atom. The Labute approximate surface area is 88.9 Å². The number of nitrogens with two attached hydrogens (primary N) is 2. The van der Waals surface area contributed by atoms with Crippen molar-refractivity contribution >= 4 is 18.3 Å². The minimum absolute atomic E-state index is 0. The molecule has 4 N–H and O–H groups in total. The molecule has 0 saturated heterocycles. The van der Waals surface area contributed by atoms with Gasteiger partial charge in [-0.25, -0.2) is 0 Å². The first kappa shape index (κ1) is 11.0. The summed E-state index contributed by atoms with van der Waals surface area (Å²) in [5.41, 5.74) is 12.6. The normalized spacial score (nSPS) is 16.9. The highest BCUT2D eigenvalue weighted by Crippen LogP contribution is 2.27. The van der Waals surface area contributed by atoms with Crippen LogP contribution in [0.1, 0.15) is 11.1 Å². The molecule has 0 unspecified atom stereocenters. The molecular formula is C10H13ClN2O. The molecule has 3 nitrogen and oxygen atoms in total. The summed E-state index contributed by atoms with van der Waals surface area (Å²) >= 11 is 0. The lowest BCUT2D eigenvalue weighted by Gasteiger charge is -2.18. The van der Waals surface area contributed by atoms with Crippen LogP contribution in [0, 0.1) is 0 Å². The fraction of sp³-hybridized carbons (Fsp3) is 0.300. The van der Waals surface area contributed by atoms with E-state index >= 15 is 0 Å². The molecule has 1 aliphatic carbocycles.